The average molecular weight is 352 g/mol. The fourth-order valence-corrected chi connectivity index (χ4v) is 2.64. The van der Waals surface area contributed by atoms with Gasteiger partial charge in [0.1, 0.15) is 5.75 Å². The van der Waals surface area contributed by atoms with Crippen molar-refractivity contribution in [1.82, 2.24) is 4.57 Å². The Morgan fingerprint density at radius 1 is 1.04 bits per heavy atom. The Kier molecular flexibility index (Phi) is 5.53. The fraction of sp³-hybridized carbons (Fsp3) is 0.200. The molecule has 2 aromatic carbocycles. The van der Waals surface area contributed by atoms with Crippen LogP contribution < -0.4 is 10.1 Å². The van der Waals surface area contributed by atoms with Crippen LogP contribution in [0, 0.1) is 0 Å². The van der Waals surface area contributed by atoms with Gasteiger partial charge >= 0.3 is 5.97 Å². The molecule has 0 spiro atoms. The van der Waals surface area contributed by atoms with Gasteiger partial charge in [0.15, 0.2) is 6.61 Å². The van der Waals surface area contributed by atoms with Crippen molar-refractivity contribution in [2.75, 3.05) is 19.0 Å². The SMILES string of the molecule is COc1ccc(NC(=O)COC(=O)CCn2ccc3ccccc32)cc1. The molecule has 0 saturated carbocycles. The second-order valence-electron chi connectivity index (χ2n) is 5.76. The van der Waals surface area contributed by atoms with Gasteiger partial charge in [0.25, 0.3) is 5.91 Å². The van der Waals surface area contributed by atoms with E-state index < -0.39 is 5.97 Å². The van der Waals surface area contributed by atoms with Crippen LogP contribution in [0.15, 0.2) is 60.8 Å². The Balaban J connectivity index is 1.44. The summed E-state index contributed by atoms with van der Waals surface area (Å²) < 4.78 is 12.1. The molecule has 0 atom stereocenters. The quantitative estimate of drug-likeness (QED) is 0.663. The average Bonchev–Trinajstić information content (AvgIpc) is 3.08. The van der Waals surface area contributed by atoms with Crippen molar-refractivity contribution >= 4 is 28.5 Å². The second kappa shape index (κ2) is 8.20. The van der Waals surface area contributed by atoms with Gasteiger partial charge in [-0.3, -0.25) is 9.59 Å². The zero-order valence-corrected chi connectivity index (χ0v) is 14.5. The molecule has 3 rings (SSSR count). The number of hydrogen-bond donors (Lipinski definition) is 1. The number of anilines is 1. The molecule has 26 heavy (non-hydrogen) atoms. The number of aromatic nitrogens is 1. The van der Waals surface area contributed by atoms with Crippen LogP contribution in [0.1, 0.15) is 6.42 Å². The van der Waals surface area contributed by atoms with Gasteiger partial charge in [-0.05, 0) is 41.8 Å². The highest BCUT2D eigenvalue weighted by atomic mass is 16.5. The van der Waals surface area contributed by atoms with Crippen LogP contribution in [0.3, 0.4) is 0 Å². The summed E-state index contributed by atoms with van der Waals surface area (Å²) in [4.78, 5) is 23.7. The molecule has 1 amide bonds. The van der Waals surface area contributed by atoms with Crippen molar-refractivity contribution in [1.29, 1.82) is 0 Å². The van der Waals surface area contributed by atoms with Crippen molar-refractivity contribution < 1.29 is 19.1 Å². The van der Waals surface area contributed by atoms with Crippen LogP contribution in [-0.2, 0) is 20.9 Å². The Labute approximate surface area is 151 Å². The molecule has 0 aliphatic rings. The number of carbonyl (C=O) groups excluding carboxylic acids is 2. The topological polar surface area (TPSA) is 69.6 Å². The summed E-state index contributed by atoms with van der Waals surface area (Å²) in [7, 11) is 1.57. The normalized spacial score (nSPS) is 10.5. The largest absolute Gasteiger partial charge is 0.497 e. The van der Waals surface area contributed by atoms with E-state index in [1.165, 1.54) is 0 Å². The molecule has 6 nitrogen and oxygen atoms in total. The maximum atomic E-state index is 11.9. The van der Waals surface area contributed by atoms with Crippen molar-refractivity contribution in [2.45, 2.75) is 13.0 Å². The molecule has 1 aromatic heterocycles. The molecule has 1 heterocycles. The summed E-state index contributed by atoms with van der Waals surface area (Å²) >= 11 is 0. The summed E-state index contributed by atoms with van der Waals surface area (Å²) in [6, 6.07) is 16.9. The maximum absolute atomic E-state index is 11.9. The number of hydrogen-bond acceptors (Lipinski definition) is 4. The molecule has 1 N–H and O–H groups in total. The summed E-state index contributed by atoms with van der Waals surface area (Å²) in [6.07, 6.45) is 2.14. The van der Waals surface area contributed by atoms with E-state index in [0.29, 0.717) is 18.0 Å². The van der Waals surface area contributed by atoms with E-state index in [0.717, 1.165) is 10.9 Å². The minimum atomic E-state index is -0.410. The van der Waals surface area contributed by atoms with Gasteiger partial charge < -0.3 is 19.4 Å². The van der Waals surface area contributed by atoms with Crippen LogP contribution in [-0.4, -0.2) is 30.2 Å². The number of nitrogens with one attached hydrogen (secondary N) is 1. The van der Waals surface area contributed by atoms with E-state index in [9.17, 15) is 9.59 Å². The number of rotatable bonds is 7. The summed E-state index contributed by atoms with van der Waals surface area (Å²) in [5, 5.41) is 3.79. The highest BCUT2D eigenvalue weighted by molar-refractivity contribution is 5.92. The number of methoxy groups -OCH3 is 1. The molecule has 0 aliphatic carbocycles. The number of amides is 1. The first-order valence-electron chi connectivity index (χ1n) is 8.29. The lowest BCUT2D eigenvalue weighted by atomic mass is 10.2. The lowest BCUT2D eigenvalue weighted by Crippen LogP contribution is -2.21. The number of aryl methyl sites for hydroxylation is 1. The lowest BCUT2D eigenvalue weighted by Gasteiger charge is -2.08. The van der Waals surface area contributed by atoms with E-state index in [2.05, 4.69) is 5.32 Å². The Hall–Kier alpha value is -3.28. The standard InChI is InChI=1S/C20H20N2O4/c1-25-17-8-6-16(7-9-17)21-19(23)14-26-20(24)11-13-22-12-10-15-4-2-3-5-18(15)22/h2-10,12H,11,13-14H2,1H3,(H,21,23). The first kappa shape index (κ1) is 17.5. The van der Waals surface area contributed by atoms with Crippen LogP contribution in [0.5, 0.6) is 5.75 Å². The Morgan fingerprint density at radius 2 is 1.81 bits per heavy atom. The van der Waals surface area contributed by atoms with Crippen molar-refractivity contribution in [3.63, 3.8) is 0 Å². The van der Waals surface area contributed by atoms with E-state index in [1.54, 1.807) is 31.4 Å². The van der Waals surface area contributed by atoms with Gasteiger partial charge in [0.2, 0.25) is 0 Å². The number of ether oxygens (including phenoxy) is 2. The van der Waals surface area contributed by atoms with E-state index in [1.807, 2.05) is 41.1 Å². The van der Waals surface area contributed by atoms with Crippen LogP contribution in [0.4, 0.5) is 5.69 Å². The van der Waals surface area contributed by atoms with Gasteiger partial charge in [0, 0.05) is 23.9 Å². The van der Waals surface area contributed by atoms with E-state index in [4.69, 9.17) is 9.47 Å². The van der Waals surface area contributed by atoms with Crippen LogP contribution in [0.2, 0.25) is 0 Å². The van der Waals surface area contributed by atoms with Gasteiger partial charge in [-0.2, -0.15) is 0 Å². The molecular formula is C20H20N2O4. The Morgan fingerprint density at radius 3 is 2.58 bits per heavy atom. The van der Waals surface area contributed by atoms with Crippen molar-refractivity contribution in [3.8, 4) is 5.75 Å². The summed E-state index contributed by atoms with van der Waals surface area (Å²) in [6.45, 7) is 0.198. The fourth-order valence-electron chi connectivity index (χ4n) is 2.64. The van der Waals surface area contributed by atoms with Crippen molar-refractivity contribution in [2.24, 2.45) is 0 Å². The monoisotopic (exact) mass is 352 g/mol. The maximum Gasteiger partial charge on any atom is 0.308 e. The van der Waals surface area contributed by atoms with Crippen LogP contribution in [0.25, 0.3) is 10.9 Å². The third kappa shape index (κ3) is 4.42. The molecule has 0 radical (unpaired) electrons. The van der Waals surface area contributed by atoms with E-state index in [-0.39, 0.29) is 18.9 Å². The zero-order chi connectivity index (χ0) is 18.4. The molecule has 0 bridgehead atoms. The van der Waals surface area contributed by atoms with E-state index >= 15 is 0 Å². The molecule has 0 aliphatic heterocycles. The number of benzene rings is 2. The predicted octanol–water partition coefficient (Wildman–Crippen LogP) is 3.22. The number of para-hydroxylation sites is 1. The lowest BCUT2D eigenvalue weighted by molar-refractivity contribution is -0.147. The minimum Gasteiger partial charge on any atom is -0.497 e. The highest BCUT2D eigenvalue weighted by Crippen LogP contribution is 2.16. The van der Waals surface area contributed by atoms with Crippen molar-refractivity contribution in [3.05, 3.63) is 60.8 Å². The molecule has 0 fully saturated rings. The van der Waals surface area contributed by atoms with Gasteiger partial charge in [0.05, 0.1) is 13.5 Å². The second-order valence-corrected chi connectivity index (χ2v) is 5.76. The van der Waals surface area contributed by atoms with Gasteiger partial charge in [-0.15, -0.1) is 0 Å². The van der Waals surface area contributed by atoms with Crippen LogP contribution >= 0.6 is 0 Å². The Bertz CT molecular complexity index is 900. The summed E-state index contributed by atoms with van der Waals surface area (Å²) in [5.74, 6) is -0.0884. The van der Waals surface area contributed by atoms with Gasteiger partial charge in [-0.1, -0.05) is 18.2 Å². The number of fused-ring (bicyclic) bond motifs is 1. The molecule has 0 saturated heterocycles. The molecule has 134 valence electrons. The zero-order valence-electron chi connectivity index (χ0n) is 14.5. The molecule has 6 heteroatoms. The highest BCUT2D eigenvalue weighted by Gasteiger charge is 2.09. The first-order chi connectivity index (χ1) is 12.7. The van der Waals surface area contributed by atoms with Gasteiger partial charge in [-0.25, -0.2) is 0 Å². The molecule has 3 aromatic rings. The minimum absolute atomic E-state index is 0.203. The smallest absolute Gasteiger partial charge is 0.308 e. The number of esters is 1. The predicted molar refractivity (Wildman–Crippen MR) is 99.1 cm³/mol. The third-order valence-corrected chi connectivity index (χ3v) is 3.98. The number of nitrogens with zero attached hydrogens (tertiary/aromatic N) is 1. The third-order valence-electron chi connectivity index (χ3n) is 3.98. The summed E-state index contributed by atoms with van der Waals surface area (Å²) in [5.41, 5.74) is 1.68. The number of carbonyl (C=O) groups is 2. The first-order valence-corrected chi connectivity index (χ1v) is 8.29. The molecule has 0 unspecified atom stereocenters. The molecular weight excluding hydrogens is 332 g/mol.